The molecule has 0 atom stereocenters. The predicted molar refractivity (Wildman–Crippen MR) is 69.6 cm³/mol. The van der Waals surface area contributed by atoms with E-state index in [-0.39, 0.29) is 11.3 Å². The first kappa shape index (κ1) is 13.9. The van der Waals surface area contributed by atoms with E-state index in [2.05, 4.69) is 15.1 Å². The highest BCUT2D eigenvalue weighted by Crippen LogP contribution is 2.36. The molecule has 0 amide bonds. The molecule has 3 N–H and O–H groups in total. The van der Waals surface area contributed by atoms with Crippen LogP contribution in [-0.2, 0) is 17.8 Å². The fourth-order valence-electron chi connectivity index (χ4n) is 2.43. The number of rotatable bonds is 2. The molecule has 0 saturated carbocycles. The lowest BCUT2D eigenvalue weighted by atomic mass is 10.0. The minimum absolute atomic E-state index is 0.128. The molecule has 0 aliphatic carbocycles. The van der Waals surface area contributed by atoms with E-state index < -0.39 is 6.36 Å². The number of aromatic nitrogens is 1. The number of nitrogens with one attached hydrogen (secondary N) is 1. The number of hydrazine groups is 1. The van der Waals surface area contributed by atoms with Crippen LogP contribution in [0.4, 0.5) is 18.9 Å². The highest BCUT2D eigenvalue weighted by Gasteiger charge is 2.32. The standard InChI is InChI=1S/C13H12F3N3O2/c14-13(15,16)21-10-3-1-2-7-11(19-17)8-6-20-5-4-9(8)18-12(7)10/h1-3H,4-6,17H2,(H,18,19). The van der Waals surface area contributed by atoms with Crippen LogP contribution in [0.1, 0.15) is 11.3 Å². The molecule has 1 aromatic carbocycles. The Balaban J connectivity index is 2.24. The molecule has 5 nitrogen and oxygen atoms in total. The largest absolute Gasteiger partial charge is 0.573 e. The molecule has 112 valence electrons. The molecule has 0 radical (unpaired) electrons. The van der Waals surface area contributed by atoms with Crippen LogP contribution in [0.25, 0.3) is 10.9 Å². The van der Waals surface area contributed by atoms with Crippen LogP contribution >= 0.6 is 0 Å². The Morgan fingerprint density at radius 1 is 1.33 bits per heavy atom. The van der Waals surface area contributed by atoms with Crippen LogP contribution in [0.2, 0.25) is 0 Å². The number of para-hydroxylation sites is 1. The highest BCUT2D eigenvalue weighted by molar-refractivity contribution is 5.96. The van der Waals surface area contributed by atoms with Crippen molar-refractivity contribution in [2.24, 2.45) is 5.84 Å². The third-order valence-corrected chi connectivity index (χ3v) is 3.26. The number of pyridine rings is 1. The lowest BCUT2D eigenvalue weighted by molar-refractivity contribution is -0.274. The van der Waals surface area contributed by atoms with Gasteiger partial charge in [-0.15, -0.1) is 13.2 Å². The zero-order chi connectivity index (χ0) is 15.0. The Hall–Kier alpha value is -2.06. The number of ether oxygens (including phenoxy) is 2. The maximum Gasteiger partial charge on any atom is 0.573 e. The van der Waals surface area contributed by atoms with Gasteiger partial charge in [0, 0.05) is 17.4 Å². The molecule has 2 heterocycles. The number of nitrogens with two attached hydrogens (primary N) is 1. The minimum atomic E-state index is -4.77. The number of halogens is 3. The van der Waals surface area contributed by atoms with Crippen LogP contribution in [0.5, 0.6) is 5.75 Å². The van der Waals surface area contributed by atoms with Gasteiger partial charge in [0.2, 0.25) is 0 Å². The molecule has 0 saturated heterocycles. The van der Waals surface area contributed by atoms with Gasteiger partial charge in [-0.25, -0.2) is 4.98 Å². The third kappa shape index (κ3) is 2.59. The van der Waals surface area contributed by atoms with E-state index in [4.69, 9.17) is 10.6 Å². The van der Waals surface area contributed by atoms with E-state index in [1.165, 1.54) is 12.1 Å². The van der Waals surface area contributed by atoms with Crippen LogP contribution in [0.3, 0.4) is 0 Å². The first-order valence-electron chi connectivity index (χ1n) is 6.24. The van der Waals surface area contributed by atoms with E-state index in [0.29, 0.717) is 36.4 Å². The molecular weight excluding hydrogens is 287 g/mol. The molecule has 3 rings (SSSR count). The van der Waals surface area contributed by atoms with Gasteiger partial charge in [-0.2, -0.15) is 0 Å². The highest BCUT2D eigenvalue weighted by atomic mass is 19.4. The zero-order valence-corrected chi connectivity index (χ0v) is 10.8. The number of nitrogen functional groups attached to an aromatic ring is 1. The van der Waals surface area contributed by atoms with Crippen molar-refractivity contribution in [3.8, 4) is 5.75 Å². The van der Waals surface area contributed by atoms with E-state index >= 15 is 0 Å². The summed E-state index contributed by atoms with van der Waals surface area (Å²) in [7, 11) is 0. The summed E-state index contributed by atoms with van der Waals surface area (Å²) in [6, 6.07) is 4.33. The summed E-state index contributed by atoms with van der Waals surface area (Å²) < 4.78 is 46.8. The van der Waals surface area contributed by atoms with Gasteiger partial charge >= 0.3 is 6.36 Å². The normalized spacial score (nSPS) is 14.9. The number of fused-ring (bicyclic) bond motifs is 2. The van der Waals surface area contributed by atoms with Crippen molar-refractivity contribution in [1.29, 1.82) is 0 Å². The van der Waals surface area contributed by atoms with Crippen LogP contribution in [0.15, 0.2) is 18.2 Å². The van der Waals surface area contributed by atoms with Gasteiger partial charge in [0.15, 0.2) is 5.75 Å². The third-order valence-electron chi connectivity index (χ3n) is 3.26. The smallest absolute Gasteiger partial charge is 0.403 e. The summed E-state index contributed by atoms with van der Waals surface area (Å²) in [4.78, 5) is 4.31. The van der Waals surface area contributed by atoms with Crippen molar-refractivity contribution in [3.05, 3.63) is 29.5 Å². The summed E-state index contributed by atoms with van der Waals surface area (Å²) in [5.41, 5.74) is 4.61. The molecule has 1 aliphatic heterocycles. The van der Waals surface area contributed by atoms with Crippen LogP contribution in [0, 0.1) is 0 Å². The number of hydrogen-bond donors (Lipinski definition) is 2. The zero-order valence-electron chi connectivity index (χ0n) is 10.8. The SMILES string of the molecule is NNc1c2c(nc3c(OC(F)(F)F)cccc13)CCOC2. The molecule has 21 heavy (non-hydrogen) atoms. The van der Waals surface area contributed by atoms with E-state index in [1.807, 2.05) is 0 Å². The lowest BCUT2D eigenvalue weighted by Crippen LogP contribution is -2.20. The van der Waals surface area contributed by atoms with E-state index in [1.54, 1.807) is 6.07 Å². The van der Waals surface area contributed by atoms with E-state index in [9.17, 15) is 13.2 Å². The topological polar surface area (TPSA) is 69.4 Å². The molecule has 1 aliphatic rings. The van der Waals surface area contributed by atoms with Crippen LogP contribution < -0.4 is 16.0 Å². The van der Waals surface area contributed by atoms with Gasteiger partial charge in [-0.3, -0.25) is 5.84 Å². The number of benzene rings is 1. The van der Waals surface area contributed by atoms with Gasteiger partial charge in [0.1, 0.15) is 5.52 Å². The summed E-state index contributed by atoms with van der Waals surface area (Å²) in [5, 5.41) is 0.462. The monoisotopic (exact) mass is 299 g/mol. The molecule has 2 aromatic rings. The van der Waals surface area contributed by atoms with Gasteiger partial charge < -0.3 is 14.9 Å². The van der Waals surface area contributed by atoms with Gasteiger partial charge in [-0.05, 0) is 6.07 Å². The van der Waals surface area contributed by atoms with Gasteiger partial charge in [0.05, 0.1) is 24.6 Å². The van der Waals surface area contributed by atoms with Crippen molar-refractivity contribution in [1.82, 2.24) is 4.98 Å². The Morgan fingerprint density at radius 3 is 2.86 bits per heavy atom. The first-order valence-corrected chi connectivity index (χ1v) is 6.24. The van der Waals surface area contributed by atoms with Crippen molar-refractivity contribution in [2.75, 3.05) is 12.0 Å². The summed E-state index contributed by atoms with van der Waals surface area (Å²) in [6.45, 7) is 0.792. The van der Waals surface area contributed by atoms with Crippen LogP contribution in [-0.4, -0.2) is 18.0 Å². The second-order valence-corrected chi connectivity index (χ2v) is 4.56. The van der Waals surface area contributed by atoms with Crippen molar-refractivity contribution < 1.29 is 22.6 Å². The fourth-order valence-corrected chi connectivity index (χ4v) is 2.43. The van der Waals surface area contributed by atoms with Crippen molar-refractivity contribution in [3.63, 3.8) is 0 Å². The lowest BCUT2D eigenvalue weighted by Gasteiger charge is -2.21. The number of anilines is 1. The summed E-state index contributed by atoms with van der Waals surface area (Å²) in [5.74, 6) is 5.18. The number of alkyl halides is 3. The molecule has 0 bridgehead atoms. The first-order chi connectivity index (χ1) is 9.99. The Labute approximate surface area is 117 Å². The molecule has 8 heteroatoms. The quantitative estimate of drug-likeness (QED) is 0.658. The fraction of sp³-hybridized carbons (Fsp3) is 0.308. The Bertz CT molecular complexity index is 688. The van der Waals surface area contributed by atoms with Crippen molar-refractivity contribution >= 4 is 16.6 Å². The summed E-state index contributed by atoms with van der Waals surface area (Å²) >= 11 is 0. The average Bonchev–Trinajstić information content (AvgIpc) is 2.44. The Morgan fingerprint density at radius 2 is 2.14 bits per heavy atom. The molecule has 1 aromatic heterocycles. The maximum atomic E-state index is 12.5. The van der Waals surface area contributed by atoms with Gasteiger partial charge in [-0.1, -0.05) is 12.1 Å². The minimum Gasteiger partial charge on any atom is -0.403 e. The predicted octanol–water partition coefficient (Wildman–Crippen LogP) is 2.49. The molecule has 0 spiro atoms. The number of nitrogens with zero attached hydrogens (tertiary/aromatic N) is 1. The van der Waals surface area contributed by atoms with Crippen molar-refractivity contribution in [2.45, 2.75) is 19.4 Å². The second kappa shape index (κ2) is 5.05. The maximum absolute atomic E-state index is 12.5. The molecular formula is C13H12F3N3O2. The average molecular weight is 299 g/mol. The molecule has 0 fully saturated rings. The number of hydrogen-bond acceptors (Lipinski definition) is 5. The Kier molecular flexibility index (Phi) is 3.34. The summed E-state index contributed by atoms with van der Waals surface area (Å²) in [6.07, 6.45) is -4.26. The van der Waals surface area contributed by atoms with Gasteiger partial charge in [0.25, 0.3) is 0 Å². The van der Waals surface area contributed by atoms with E-state index in [0.717, 1.165) is 5.56 Å². The second-order valence-electron chi connectivity index (χ2n) is 4.56. The molecule has 0 unspecified atom stereocenters.